The molecular formula is C15H18ClN3OS. The van der Waals surface area contributed by atoms with E-state index in [9.17, 15) is 4.79 Å². The van der Waals surface area contributed by atoms with Crippen LogP contribution in [0.1, 0.15) is 11.3 Å². The summed E-state index contributed by atoms with van der Waals surface area (Å²) < 4.78 is 1.81. The number of nitrogens with one attached hydrogen (secondary N) is 2. The van der Waals surface area contributed by atoms with Crippen molar-refractivity contribution in [1.29, 1.82) is 0 Å². The van der Waals surface area contributed by atoms with Crippen molar-refractivity contribution in [3.8, 4) is 0 Å². The van der Waals surface area contributed by atoms with Crippen LogP contribution in [-0.4, -0.2) is 16.1 Å². The molecule has 1 aromatic carbocycles. The Hall–Kier alpha value is -1.56. The maximum absolute atomic E-state index is 11.9. The molecule has 112 valence electrons. The van der Waals surface area contributed by atoms with Crippen LogP contribution < -0.4 is 11.0 Å². The van der Waals surface area contributed by atoms with E-state index in [0.29, 0.717) is 0 Å². The Kier molecular flexibility index (Phi) is 5.61. The molecule has 0 spiro atoms. The average Bonchev–Trinajstić information content (AvgIpc) is 3.06. The van der Waals surface area contributed by atoms with Crippen molar-refractivity contribution in [2.75, 3.05) is 6.54 Å². The Balaban J connectivity index is 0.00000161. The van der Waals surface area contributed by atoms with E-state index in [-0.39, 0.29) is 18.1 Å². The molecule has 3 rings (SSSR count). The van der Waals surface area contributed by atoms with Crippen LogP contribution >= 0.6 is 23.7 Å². The van der Waals surface area contributed by atoms with Crippen LogP contribution in [0.2, 0.25) is 0 Å². The first kappa shape index (κ1) is 15.8. The first-order valence-corrected chi connectivity index (χ1v) is 7.63. The average molecular weight is 324 g/mol. The molecule has 0 atom stereocenters. The van der Waals surface area contributed by atoms with Crippen molar-refractivity contribution in [2.24, 2.45) is 0 Å². The van der Waals surface area contributed by atoms with Crippen molar-refractivity contribution in [2.45, 2.75) is 19.5 Å². The summed E-state index contributed by atoms with van der Waals surface area (Å²) in [4.78, 5) is 16.1. The van der Waals surface area contributed by atoms with Crippen LogP contribution in [0.5, 0.6) is 0 Å². The van der Waals surface area contributed by atoms with Gasteiger partial charge in [-0.05, 0) is 36.5 Å². The molecule has 0 radical (unpaired) electrons. The van der Waals surface area contributed by atoms with Crippen LogP contribution in [0.25, 0.3) is 11.0 Å². The fraction of sp³-hybridized carbons (Fsp3) is 0.267. The number of halogens is 1. The number of H-pyrrole nitrogens is 1. The molecule has 21 heavy (non-hydrogen) atoms. The molecule has 0 aliphatic carbocycles. The minimum atomic E-state index is -0.0237. The number of imidazole rings is 1. The highest BCUT2D eigenvalue weighted by Gasteiger charge is 2.04. The second kappa shape index (κ2) is 7.45. The zero-order valence-corrected chi connectivity index (χ0v) is 13.2. The van der Waals surface area contributed by atoms with Gasteiger partial charge in [0.15, 0.2) is 0 Å². The Labute approximate surface area is 133 Å². The highest BCUT2D eigenvalue weighted by Crippen LogP contribution is 2.09. The summed E-state index contributed by atoms with van der Waals surface area (Å²) in [5.41, 5.74) is 1.87. The number of hydrogen-bond acceptors (Lipinski definition) is 3. The lowest BCUT2D eigenvalue weighted by atomic mass is 10.3. The summed E-state index contributed by atoms with van der Waals surface area (Å²) in [5.74, 6) is 0. The third kappa shape index (κ3) is 3.75. The van der Waals surface area contributed by atoms with E-state index in [4.69, 9.17) is 0 Å². The molecule has 2 heterocycles. The molecule has 3 aromatic rings. The first-order valence-electron chi connectivity index (χ1n) is 6.75. The molecule has 0 aliphatic rings. The standard InChI is InChI=1S/C15H17N3OS.ClH/c19-15-17-13-6-1-2-7-14(13)18(15)9-4-8-16-11-12-5-3-10-20-12;/h1-3,5-7,10,16H,4,8-9,11H2,(H,17,19);1H. The molecule has 0 unspecified atom stereocenters. The molecule has 0 amide bonds. The maximum Gasteiger partial charge on any atom is 0.326 e. The van der Waals surface area contributed by atoms with Crippen molar-refractivity contribution < 1.29 is 0 Å². The van der Waals surface area contributed by atoms with Gasteiger partial charge in [0.25, 0.3) is 0 Å². The summed E-state index contributed by atoms with van der Waals surface area (Å²) in [7, 11) is 0. The fourth-order valence-electron chi connectivity index (χ4n) is 2.32. The van der Waals surface area contributed by atoms with Crippen molar-refractivity contribution in [3.05, 3.63) is 57.1 Å². The number of nitrogens with zero attached hydrogens (tertiary/aromatic N) is 1. The van der Waals surface area contributed by atoms with Crippen molar-refractivity contribution >= 4 is 34.8 Å². The summed E-state index contributed by atoms with van der Waals surface area (Å²) in [6.07, 6.45) is 0.938. The minimum absolute atomic E-state index is 0. The molecule has 2 N–H and O–H groups in total. The Bertz CT molecular complexity index is 733. The number of aromatic nitrogens is 2. The highest BCUT2D eigenvalue weighted by atomic mass is 35.5. The number of para-hydroxylation sites is 2. The van der Waals surface area contributed by atoms with E-state index in [1.807, 2.05) is 28.8 Å². The number of benzene rings is 1. The van der Waals surface area contributed by atoms with Gasteiger partial charge in [-0.3, -0.25) is 4.57 Å². The van der Waals surface area contributed by atoms with Gasteiger partial charge in [0.1, 0.15) is 0 Å². The third-order valence-electron chi connectivity index (χ3n) is 3.30. The van der Waals surface area contributed by atoms with Crippen LogP contribution in [0, 0.1) is 0 Å². The number of thiophene rings is 1. The summed E-state index contributed by atoms with van der Waals surface area (Å²) in [6, 6.07) is 12.0. The molecule has 0 aliphatic heterocycles. The molecule has 0 fully saturated rings. The lowest BCUT2D eigenvalue weighted by Crippen LogP contribution is -2.21. The van der Waals surface area contributed by atoms with E-state index in [0.717, 1.165) is 37.1 Å². The lowest BCUT2D eigenvalue weighted by Gasteiger charge is -2.05. The molecular weight excluding hydrogens is 306 g/mol. The zero-order chi connectivity index (χ0) is 13.8. The van der Waals surface area contributed by atoms with Gasteiger partial charge in [0.2, 0.25) is 0 Å². The van der Waals surface area contributed by atoms with E-state index in [2.05, 4.69) is 27.8 Å². The van der Waals surface area contributed by atoms with Gasteiger partial charge >= 0.3 is 5.69 Å². The Morgan fingerprint density at radius 3 is 2.86 bits per heavy atom. The van der Waals surface area contributed by atoms with Crippen molar-refractivity contribution in [1.82, 2.24) is 14.9 Å². The van der Waals surface area contributed by atoms with Gasteiger partial charge in [-0.25, -0.2) is 4.79 Å². The molecule has 0 saturated carbocycles. The van der Waals surface area contributed by atoms with E-state index >= 15 is 0 Å². The smallest absolute Gasteiger partial charge is 0.312 e. The number of aromatic amines is 1. The number of aryl methyl sites for hydroxylation is 1. The number of hydrogen-bond donors (Lipinski definition) is 2. The van der Waals surface area contributed by atoms with Crippen LogP contribution in [-0.2, 0) is 13.1 Å². The topological polar surface area (TPSA) is 49.8 Å². The second-order valence-electron chi connectivity index (χ2n) is 4.71. The second-order valence-corrected chi connectivity index (χ2v) is 5.74. The number of rotatable bonds is 6. The highest BCUT2D eigenvalue weighted by molar-refractivity contribution is 7.09. The van der Waals surface area contributed by atoms with Crippen LogP contribution in [0.3, 0.4) is 0 Å². The SMILES string of the molecule is Cl.O=c1[nH]c2ccccc2n1CCCNCc1cccs1. The summed E-state index contributed by atoms with van der Waals surface area (Å²) in [5, 5.41) is 5.49. The first-order chi connectivity index (χ1) is 9.84. The predicted octanol–water partition coefficient (Wildman–Crippen LogP) is 2.99. The molecule has 0 bridgehead atoms. The lowest BCUT2D eigenvalue weighted by molar-refractivity contribution is 0.582. The van der Waals surface area contributed by atoms with E-state index in [1.54, 1.807) is 11.3 Å². The van der Waals surface area contributed by atoms with Gasteiger partial charge in [0.05, 0.1) is 11.0 Å². The minimum Gasteiger partial charge on any atom is -0.312 e. The summed E-state index contributed by atoms with van der Waals surface area (Å²) in [6.45, 7) is 2.55. The van der Waals surface area contributed by atoms with Crippen LogP contribution in [0.4, 0.5) is 0 Å². The van der Waals surface area contributed by atoms with E-state index < -0.39 is 0 Å². The van der Waals surface area contributed by atoms with Gasteiger partial charge in [-0.2, -0.15) is 0 Å². The van der Waals surface area contributed by atoms with Gasteiger partial charge in [0, 0.05) is 18.0 Å². The van der Waals surface area contributed by atoms with E-state index in [1.165, 1.54) is 4.88 Å². The predicted molar refractivity (Wildman–Crippen MR) is 90.4 cm³/mol. The van der Waals surface area contributed by atoms with Crippen molar-refractivity contribution in [3.63, 3.8) is 0 Å². The molecule has 4 nitrogen and oxygen atoms in total. The normalized spacial score (nSPS) is 10.7. The largest absolute Gasteiger partial charge is 0.326 e. The Morgan fingerprint density at radius 1 is 1.19 bits per heavy atom. The molecule has 6 heteroatoms. The summed E-state index contributed by atoms with van der Waals surface area (Å²) >= 11 is 1.76. The Morgan fingerprint density at radius 2 is 2.05 bits per heavy atom. The zero-order valence-electron chi connectivity index (χ0n) is 11.5. The van der Waals surface area contributed by atoms with Gasteiger partial charge < -0.3 is 10.3 Å². The van der Waals surface area contributed by atoms with Gasteiger partial charge in [-0.15, -0.1) is 23.7 Å². The fourth-order valence-corrected chi connectivity index (χ4v) is 2.99. The van der Waals surface area contributed by atoms with Gasteiger partial charge in [-0.1, -0.05) is 18.2 Å². The molecule has 0 saturated heterocycles. The quantitative estimate of drug-likeness (QED) is 0.685. The molecule has 2 aromatic heterocycles. The maximum atomic E-state index is 11.9. The van der Waals surface area contributed by atoms with Crippen LogP contribution in [0.15, 0.2) is 46.6 Å². The third-order valence-corrected chi connectivity index (χ3v) is 4.17. The number of fused-ring (bicyclic) bond motifs is 1. The monoisotopic (exact) mass is 323 g/mol.